The Balaban J connectivity index is 1.81. The monoisotopic (exact) mass is 302 g/mol. The number of rotatable bonds is 4. The van der Waals surface area contributed by atoms with Crippen LogP contribution < -0.4 is 10.3 Å². The van der Waals surface area contributed by atoms with E-state index in [0.29, 0.717) is 23.4 Å². The number of ether oxygens (including phenoxy) is 1. The molecule has 0 aliphatic carbocycles. The minimum Gasteiger partial charge on any atom is -0.504 e. The third kappa shape index (κ3) is 2.62. The molecule has 0 spiro atoms. The molecule has 0 atom stereocenters. The number of phenolic OH excluding ortho intramolecular Hbond substituents is 1. The van der Waals surface area contributed by atoms with Crippen LogP contribution in [-0.4, -0.2) is 21.8 Å². The van der Waals surface area contributed by atoms with Crippen molar-refractivity contribution >= 4 is 21.6 Å². The van der Waals surface area contributed by atoms with Gasteiger partial charge in [-0.15, -0.1) is 11.3 Å². The molecule has 6 heteroatoms. The summed E-state index contributed by atoms with van der Waals surface area (Å²) >= 11 is 1.40. The molecule has 1 N–H and O–H groups in total. The second kappa shape index (κ2) is 5.57. The van der Waals surface area contributed by atoms with Crippen LogP contribution in [0.3, 0.4) is 0 Å². The minimum absolute atomic E-state index is 0.0206. The number of benzene rings is 1. The molecular formula is C15H14N2O3S. The molecule has 2 aromatic heterocycles. The Hall–Kier alpha value is -2.34. The summed E-state index contributed by atoms with van der Waals surface area (Å²) in [5, 5.41) is 11.6. The van der Waals surface area contributed by atoms with Gasteiger partial charge in [0, 0.05) is 6.54 Å². The standard InChI is InChI=1S/C15H14N2O3S/c1-20-13-3-2-10(8-12(13)18)4-6-17-9-16-11-5-7-21-14(11)15(17)19/h2-3,5,7-9,18H,4,6H2,1H3. The van der Waals surface area contributed by atoms with E-state index in [2.05, 4.69) is 4.98 Å². The molecule has 0 saturated heterocycles. The van der Waals surface area contributed by atoms with Crippen molar-refractivity contribution in [1.82, 2.24) is 9.55 Å². The Bertz CT molecular complexity index is 838. The SMILES string of the molecule is COc1ccc(CCn2cnc3ccsc3c2=O)cc1O. The van der Waals surface area contributed by atoms with Gasteiger partial charge in [-0.25, -0.2) is 4.98 Å². The molecule has 0 radical (unpaired) electrons. The largest absolute Gasteiger partial charge is 0.504 e. The average Bonchev–Trinajstić information content (AvgIpc) is 2.96. The van der Waals surface area contributed by atoms with E-state index in [1.807, 2.05) is 17.5 Å². The molecule has 1 aromatic carbocycles. The van der Waals surface area contributed by atoms with Gasteiger partial charge in [0.1, 0.15) is 4.70 Å². The summed E-state index contributed by atoms with van der Waals surface area (Å²) in [4.78, 5) is 16.5. The van der Waals surface area contributed by atoms with Gasteiger partial charge in [0.15, 0.2) is 11.5 Å². The summed E-state index contributed by atoms with van der Waals surface area (Å²) < 4.78 is 7.28. The molecule has 3 aromatic rings. The van der Waals surface area contributed by atoms with Crippen molar-refractivity contribution in [1.29, 1.82) is 0 Å². The maximum atomic E-state index is 12.2. The van der Waals surface area contributed by atoms with Crippen molar-refractivity contribution in [3.8, 4) is 11.5 Å². The maximum absolute atomic E-state index is 12.2. The highest BCUT2D eigenvalue weighted by molar-refractivity contribution is 7.17. The lowest BCUT2D eigenvalue weighted by Gasteiger charge is -2.08. The van der Waals surface area contributed by atoms with Gasteiger partial charge in [-0.1, -0.05) is 6.07 Å². The highest BCUT2D eigenvalue weighted by atomic mass is 32.1. The van der Waals surface area contributed by atoms with Crippen molar-refractivity contribution in [3.63, 3.8) is 0 Å². The lowest BCUT2D eigenvalue weighted by atomic mass is 10.1. The highest BCUT2D eigenvalue weighted by Gasteiger charge is 2.06. The van der Waals surface area contributed by atoms with Crippen LogP contribution in [0.2, 0.25) is 0 Å². The van der Waals surface area contributed by atoms with Crippen molar-refractivity contribution in [2.75, 3.05) is 7.11 Å². The maximum Gasteiger partial charge on any atom is 0.271 e. The fourth-order valence-electron chi connectivity index (χ4n) is 2.18. The number of nitrogens with zero attached hydrogens (tertiary/aromatic N) is 2. The molecule has 5 nitrogen and oxygen atoms in total. The molecule has 108 valence electrons. The number of phenols is 1. The van der Waals surface area contributed by atoms with E-state index < -0.39 is 0 Å². The van der Waals surface area contributed by atoms with E-state index in [1.165, 1.54) is 18.4 Å². The second-order valence-electron chi connectivity index (χ2n) is 4.63. The van der Waals surface area contributed by atoms with E-state index in [0.717, 1.165) is 11.1 Å². The third-order valence-electron chi connectivity index (χ3n) is 3.32. The summed E-state index contributed by atoms with van der Waals surface area (Å²) in [6.07, 6.45) is 2.21. The number of aromatic hydroxyl groups is 1. The minimum atomic E-state index is -0.0206. The van der Waals surface area contributed by atoms with Crippen LogP contribution in [0.15, 0.2) is 40.8 Å². The van der Waals surface area contributed by atoms with Gasteiger partial charge in [0.05, 0.1) is 19.0 Å². The summed E-state index contributed by atoms with van der Waals surface area (Å²) in [5.41, 5.74) is 1.66. The number of fused-ring (bicyclic) bond motifs is 1. The molecule has 0 aliphatic rings. The lowest BCUT2D eigenvalue weighted by Crippen LogP contribution is -2.20. The predicted octanol–water partition coefficient (Wildman–Crippen LogP) is 2.41. The fourth-order valence-corrected chi connectivity index (χ4v) is 2.97. The summed E-state index contributed by atoms with van der Waals surface area (Å²) in [7, 11) is 1.51. The van der Waals surface area contributed by atoms with E-state index in [9.17, 15) is 9.90 Å². The summed E-state index contributed by atoms with van der Waals surface area (Å²) in [6, 6.07) is 7.09. The number of thiophene rings is 1. The van der Waals surface area contributed by atoms with Crippen LogP contribution in [-0.2, 0) is 13.0 Å². The van der Waals surface area contributed by atoms with Gasteiger partial charge in [0.25, 0.3) is 5.56 Å². The van der Waals surface area contributed by atoms with E-state index in [-0.39, 0.29) is 11.3 Å². The average molecular weight is 302 g/mol. The number of methoxy groups -OCH3 is 1. The zero-order chi connectivity index (χ0) is 14.8. The Morgan fingerprint density at radius 2 is 2.24 bits per heavy atom. The number of hydrogen-bond donors (Lipinski definition) is 1. The molecular weight excluding hydrogens is 288 g/mol. The Morgan fingerprint density at radius 1 is 1.38 bits per heavy atom. The van der Waals surface area contributed by atoms with E-state index in [4.69, 9.17) is 4.74 Å². The first-order chi connectivity index (χ1) is 10.2. The Kier molecular flexibility index (Phi) is 3.62. The van der Waals surface area contributed by atoms with Gasteiger partial charge in [-0.3, -0.25) is 9.36 Å². The number of hydrogen-bond acceptors (Lipinski definition) is 5. The quantitative estimate of drug-likeness (QED) is 0.804. The molecule has 3 rings (SSSR count). The molecule has 0 bridgehead atoms. The van der Waals surface area contributed by atoms with Crippen molar-refractivity contribution < 1.29 is 9.84 Å². The molecule has 0 unspecified atom stereocenters. The van der Waals surface area contributed by atoms with E-state index in [1.54, 1.807) is 23.0 Å². The lowest BCUT2D eigenvalue weighted by molar-refractivity contribution is 0.373. The predicted molar refractivity (Wildman–Crippen MR) is 82.2 cm³/mol. The first-order valence-corrected chi connectivity index (χ1v) is 7.35. The summed E-state index contributed by atoms with van der Waals surface area (Å²) in [6.45, 7) is 0.519. The smallest absolute Gasteiger partial charge is 0.271 e. The highest BCUT2D eigenvalue weighted by Crippen LogP contribution is 2.26. The molecule has 21 heavy (non-hydrogen) atoms. The topological polar surface area (TPSA) is 64.4 Å². The van der Waals surface area contributed by atoms with Crippen LogP contribution in [0.1, 0.15) is 5.56 Å². The van der Waals surface area contributed by atoms with Gasteiger partial charge in [-0.2, -0.15) is 0 Å². The van der Waals surface area contributed by atoms with Crippen LogP contribution in [0.5, 0.6) is 11.5 Å². The second-order valence-corrected chi connectivity index (χ2v) is 5.55. The molecule has 0 fully saturated rings. The van der Waals surface area contributed by atoms with Crippen LogP contribution >= 0.6 is 11.3 Å². The van der Waals surface area contributed by atoms with Crippen molar-refractivity contribution in [2.24, 2.45) is 0 Å². The summed E-state index contributed by atoms with van der Waals surface area (Å²) in [5.74, 6) is 0.548. The fraction of sp³-hybridized carbons (Fsp3) is 0.200. The third-order valence-corrected chi connectivity index (χ3v) is 4.21. The van der Waals surface area contributed by atoms with Crippen LogP contribution in [0.4, 0.5) is 0 Å². The Morgan fingerprint density at radius 3 is 3.00 bits per heavy atom. The molecule has 0 aliphatic heterocycles. The molecule has 0 amide bonds. The zero-order valence-electron chi connectivity index (χ0n) is 11.4. The normalized spacial score (nSPS) is 10.9. The van der Waals surface area contributed by atoms with Crippen LogP contribution in [0.25, 0.3) is 10.2 Å². The van der Waals surface area contributed by atoms with E-state index >= 15 is 0 Å². The van der Waals surface area contributed by atoms with Gasteiger partial charge in [0.2, 0.25) is 0 Å². The first-order valence-electron chi connectivity index (χ1n) is 6.47. The van der Waals surface area contributed by atoms with Gasteiger partial charge < -0.3 is 9.84 Å². The zero-order valence-corrected chi connectivity index (χ0v) is 12.3. The van der Waals surface area contributed by atoms with Crippen molar-refractivity contribution in [3.05, 3.63) is 51.9 Å². The van der Waals surface area contributed by atoms with Gasteiger partial charge >= 0.3 is 0 Å². The van der Waals surface area contributed by atoms with Gasteiger partial charge in [-0.05, 0) is 35.6 Å². The molecule has 2 heterocycles. The van der Waals surface area contributed by atoms with Crippen LogP contribution in [0, 0.1) is 0 Å². The Labute approximate surface area is 125 Å². The first kappa shape index (κ1) is 13.6. The number of aryl methyl sites for hydroxylation is 2. The number of aromatic nitrogens is 2. The van der Waals surface area contributed by atoms with Crippen molar-refractivity contribution in [2.45, 2.75) is 13.0 Å². The molecule has 0 saturated carbocycles.